The standard InChI is InChI=1S/C24H25N3O4/c25-24(29)20-12-13-21(22(16-20)27(30)31)17-26(14-7-15-28)23(18-8-3-1-4-9-18)19-10-5-2-6-11-19/h1-6,8-13,16,23,28H,7,14-15,17H2,(H2,25,29). The molecule has 7 nitrogen and oxygen atoms in total. The molecule has 3 rings (SSSR count). The fraction of sp³-hybridized carbons (Fsp3) is 0.208. The molecule has 0 spiro atoms. The molecule has 0 fully saturated rings. The van der Waals surface area contributed by atoms with E-state index in [9.17, 15) is 20.0 Å². The number of aliphatic hydroxyl groups excluding tert-OH is 1. The molecule has 0 saturated carbocycles. The number of nitrogens with two attached hydrogens (primary N) is 1. The Morgan fingerprint density at radius 1 is 1.00 bits per heavy atom. The van der Waals surface area contributed by atoms with Crippen molar-refractivity contribution < 1.29 is 14.8 Å². The van der Waals surface area contributed by atoms with Crippen LogP contribution in [-0.2, 0) is 6.54 Å². The highest BCUT2D eigenvalue weighted by atomic mass is 16.6. The van der Waals surface area contributed by atoms with Gasteiger partial charge in [0.15, 0.2) is 0 Å². The van der Waals surface area contributed by atoms with E-state index in [1.54, 1.807) is 6.07 Å². The molecule has 1 amide bonds. The predicted octanol–water partition coefficient (Wildman–Crippen LogP) is 3.67. The number of nitro benzene ring substituents is 1. The minimum atomic E-state index is -0.710. The van der Waals surface area contributed by atoms with E-state index >= 15 is 0 Å². The molecule has 31 heavy (non-hydrogen) atoms. The Morgan fingerprint density at radius 2 is 1.58 bits per heavy atom. The molecule has 3 N–H and O–H groups in total. The summed E-state index contributed by atoms with van der Waals surface area (Å²) >= 11 is 0. The van der Waals surface area contributed by atoms with Crippen LogP contribution in [0.5, 0.6) is 0 Å². The number of aliphatic hydroxyl groups is 1. The zero-order valence-electron chi connectivity index (χ0n) is 17.1. The van der Waals surface area contributed by atoms with Crippen molar-refractivity contribution in [2.45, 2.75) is 19.0 Å². The number of primary amides is 1. The van der Waals surface area contributed by atoms with E-state index in [-0.39, 0.29) is 30.4 Å². The zero-order chi connectivity index (χ0) is 22.2. The number of hydrogen-bond donors (Lipinski definition) is 2. The van der Waals surface area contributed by atoms with Gasteiger partial charge in [-0.3, -0.25) is 19.8 Å². The van der Waals surface area contributed by atoms with Crippen LogP contribution in [0.25, 0.3) is 0 Å². The minimum Gasteiger partial charge on any atom is -0.396 e. The Balaban J connectivity index is 2.06. The smallest absolute Gasteiger partial charge is 0.274 e. The molecule has 7 heteroatoms. The second-order valence-corrected chi connectivity index (χ2v) is 7.24. The van der Waals surface area contributed by atoms with Gasteiger partial charge in [-0.05, 0) is 23.6 Å². The van der Waals surface area contributed by atoms with E-state index in [0.717, 1.165) is 11.1 Å². The molecule has 0 aliphatic heterocycles. The Kier molecular flexibility index (Phi) is 7.48. The summed E-state index contributed by atoms with van der Waals surface area (Å²) in [6.45, 7) is 0.805. The molecule has 3 aromatic carbocycles. The number of rotatable bonds is 10. The van der Waals surface area contributed by atoms with Crippen molar-refractivity contribution in [2.75, 3.05) is 13.2 Å². The molecule has 160 valence electrons. The van der Waals surface area contributed by atoms with Crippen molar-refractivity contribution in [3.63, 3.8) is 0 Å². The van der Waals surface area contributed by atoms with Gasteiger partial charge in [0, 0.05) is 36.9 Å². The largest absolute Gasteiger partial charge is 0.396 e. The first-order valence-corrected chi connectivity index (χ1v) is 10.0. The SMILES string of the molecule is NC(=O)c1ccc(CN(CCCO)C(c2ccccc2)c2ccccc2)c([N+](=O)[O-])c1. The molecule has 0 atom stereocenters. The van der Waals surface area contributed by atoms with Gasteiger partial charge in [-0.15, -0.1) is 0 Å². The monoisotopic (exact) mass is 419 g/mol. The zero-order valence-corrected chi connectivity index (χ0v) is 17.1. The summed E-state index contributed by atoms with van der Waals surface area (Å²) in [6.07, 6.45) is 0.517. The third-order valence-electron chi connectivity index (χ3n) is 5.14. The van der Waals surface area contributed by atoms with E-state index in [0.29, 0.717) is 18.5 Å². The second kappa shape index (κ2) is 10.5. The molecule has 0 bridgehead atoms. The van der Waals surface area contributed by atoms with Crippen molar-refractivity contribution in [3.05, 3.63) is 111 Å². The molecule has 0 aliphatic rings. The van der Waals surface area contributed by atoms with E-state index in [1.807, 2.05) is 60.7 Å². The maximum atomic E-state index is 11.7. The number of nitrogens with zero attached hydrogens (tertiary/aromatic N) is 2. The third-order valence-corrected chi connectivity index (χ3v) is 5.14. The fourth-order valence-electron chi connectivity index (χ4n) is 3.70. The van der Waals surface area contributed by atoms with Crippen molar-refractivity contribution in [2.24, 2.45) is 5.73 Å². The molecule has 0 heterocycles. The molecular formula is C24H25N3O4. The summed E-state index contributed by atoms with van der Waals surface area (Å²) in [5, 5.41) is 21.2. The molecule has 0 radical (unpaired) electrons. The lowest BCUT2D eigenvalue weighted by Crippen LogP contribution is -2.31. The van der Waals surface area contributed by atoms with Gasteiger partial charge in [0.25, 0.3) is 5.69 Å². The number of benzene rings is 3. The van der Waals surface area contributed by atoms with E-state index in [4.69, 9.17) is 5.73 Å². The van der Waals surface area contributed by atoms with Crippen molar-refractivity contribution in [1.29, 1.82) is 0 Å². The Bertz CT molecular complexity index is 986. The first-order valence-electron chi connectivity index (χ1n) is 10.0. The summed E-state index contributed by atoms with van der Waals surface area (Å²) in [5.41, 5.74) is 7.82. The summed E-state index contributed by atoms with van der Waals surface area (Å²) in [6, 6.07) is 24.0. The van der Waals surface area contributed by atoms with Crippen LogP contribution >= 0.6 is 0 Å². The normalized spacial score (nSPS) is 11.1. The third kappa shape index (κ3) is 5.53. The quantitative estimate of drug-likeness (QED) is 0.385. The Hall–Kier alpha value is -3.55. The van der Waals surface area contributed by atoms with Crippen LogP contribution in [0, 0.1) is 10.1 Å². The molecule has 0 aromatic heterocycles. The molecule has 0 aliphatic carbocycles. The molecule has 3 aromatic rings. The maximum absolute atomic E-state index is 11.7. The van der Waals surface area contributed by atoms with Gasteiger partial charge < -0.3 is 10.8 Å². The van der Waals surface area contributed by atoms with Crippen LogP contribution < -0.4 is 5.73 Å². The minimum absolute atomic E-state index is 0.00943. The fourth-order valence-corrected chi connectivity index (χ4v) is 3.70. The van der Waals surface area contributed by atoms with E-state index in [1.165, 1.54) is 12.1 Å². The molecule has 0 unspecified atom stereocenters. The highest BCUT2D eigenvalue weighted by molar-refractivity contribution is 5.93. The van der Waals surface area contributed by atoms with Gasteiger partial charge in [-0.1, -0.05) is 66.7 Å². The summed E-state index contributed by atoms with van der Waals surface area (Å²) in [7, 11) is 0. The number of amides is 1. The highest BCUT2D eigenvalue weighted by Crippen LogP contribution is 2.32. The predicted molar refractivity (Wildman–Crippen MR) is 118 cm³/mol. The van der Waals surface area contributed by atoms with Gasteiger partial charge in [-0.2, -0.15) is 0 Å². The van der Waals surface area contributed by atoms with Crippen LogP contribution in [0.1, 0.15) is 39.5 Å². The van der Waals surface area contributed by atoms with Crippen LogP contribution in [0.3, 0.4) is 0 Å². The van der Waals surface area contributed by atoms with Gasteiger partial charge in [0.1, 0.15) is 0 Å². The van der Waals surface area contributed by atoms with Gasteiger partial charge in [0.2, 0.25) is 5.91 Å². The first-order chi connectivity index (χ1) is 15.0. The lowest BCUT2D eigenvalue weighted by Gasteiger charge is -2.32. The van der Waals surface area contributed by atoms with Crippen molar-refractivity contribution in [1.82, 2.24) is 4.90 Å². The number of nitro groups is 1. The lowest BCUT2D eigenvalue weighted by atomic mass is 9.96. The number of carbonyl (C=O) groups is 1. The first kappa shape index (κ1) is 22.1. The lowest BCUT2D eigenvalue weighted by molar-refractivity contribution is -0.385. The molecule has 0 saturated heterocycles. The average molecular weight is 419 g/mol. The van der Waals surface area contributed by atoms with Gasteiger partial charge >= 0.3 is 0 Å². The topological polar surface area (TPSA) is 110 Å². The summed E-state index contributed by atoms with van der Waals surface area (Å²) in [5.74, 6) is -0.710. The van der Waals surface area contributed by atoms with Crippen molar-refractivity contribution in [3.8, 4) is 0 Å². The van der Waals surface area contributed by atoms with E-state index < -0.39 is 10.8 Å². The summed E-state index contributed by atoms with van der Waals surface area (Å²) < 4.78 is 0. The Morgan fingerprint density at radius 3 is 2.06 bits per heavy atom. The number of carbonyl (C=O) groups excluding carboxylic acids is 1. The van der Waals surface area contributed by atoms with Crippen LogP contribution in [0.4, 0.5) is 5.69 Å². The Labute approximate surface area is 180 Å². The second-order valence-electron chi connectivity index (χ2n) is 7.24. The van der Waals surface area contributed by atoms with Gasteiger partial charge in [0.05, 0.1) is 11.0 Å². The average Bonchev–Trinajstić information content (AvgIpc) is 2.79. The summed E-state index contributed by atoms with van der Waals surface area (Å²) in [4.78, 5) is 24.8. The van der Waals surface area contributed by atoms with Crippen molar-refractivity contribution >= 4 is 11.6 Å². The van der Waals surface area contributed by atoms with Gasteiger partial charge in [-0.25, -0.2) is 0 Å². The van der Waals surface area contributed by atoms with Crippen LogP contribution in [-0.4, -0.2) is 34.0 Å². The van der Waals surface area contributed by atoms with E-state index in [2.05, 4.69) is 4.90 Å². The molecular weight excluding hydrogens is 394 g/mol. The van der Waals surface area contributed by atoms with Crippen LogP contribution in [0.2, 0.25) is 0 Å². The number of hydrogen-bond acceptors (Lipinski definition) is 5. The highest BCUT2D eigenvalue weighted by Gasteiger charge is 2.25. The maximum Gasteiger partial charge on any atom is 0.274 e. The van der Waals surface area contributed by atoms with Crippen LogP contribution in [0.15, 0.2) is 78.9 Å².